The number of carbonyl (C=O) groups is 1. The molecule has 0 aliphatic heterocycles. The molecule has 1 amide bonds. The maximum Gasteiger partial charge on any atom is 0.259 e. The molecule has 3 aromatic carbocycles. The Hall–Kier alpha value is -3.21. The summed E-state index contributed by atoms with van der Waals surface area (Å²) >= 11 is 0. The van der Waals surface area contributed by atoms with Crippen LogP contribution in [-0.2, 0) is 0 Å². The monoisotopic (exact) mass is 308 g/mol. The van der Waals surface area contributed by atoms with Gasteiger partial charge in [0.2, 0.25) is 0 Å². The molecule has 0 aromatic heterocycles. The fraction of sp³-hybridized carbons (Fsp3) is 0.0556. The van der Waals surface area contributed by atoms with E-state index in [1.165, 1.54) is 7.11 Å². The topological polar surface area (TPSA) is 84.6 Å². The second-order valence-electron chi connectivity index (χ2n) is 5.06. The highest BCUT2D eigenvalue weighted by Gasteiger charge is 2.16. The number of para-hydroxylation sites is 2. The number of phenols is 1. The minimum absolute atomic E-state index is 0.0952. The number of carbonyl (C=O) groups excluding carboxylic acids is 1. The zero-order chi connectivity index (χ0) is 16.4. The maximum absolute atomic E-state index is 12.5. The normalized spacial score (nSPS) is 10.5. The number of hydrogen-bond acceptors (Lipinski definition) is 4. The van der Waals surface area contributed by atoms with Gasteiger partial charge in [-0.2, -0.15) is 0 Å². The Morgan fingerprint density at radius 2 is 1.83 bits per heavy atom. The van der Waals surface area contributed by atoms with Crippen LogP contribution >= 0.6 is 0 Å². The van der Waals surface area contributed by atoms with Crippen molar-refractivity contribution in [2.24, 2.45) is 0 Å². The quantitative estimate of drug-likeness (QED) is 0.647. The summed E-state index contributed by atoms with van der Waals surface area (Å²) in [5.41, 5.74) is 7.14. The molecule has 5 nitrogen and oxygen atoms in total. The molecule has 0 aliphatic carbocycles. The maximum atomic E-state index is 12.5. The first-order valence-electron chi connectivity index (χ1n) is 7.06. The van der Waals surface area contributed by atoms with Crippen molar-refractivity contribution in [1.29, 1.82) is 0 Å². The molecule has 3 rings (SSSR count). The predicted molar refractivity (Wildman–Crippen MR) is 91.0 cm³/mol. The van der Waals surface area contributed by atoms with Crippen molar-refractivity contribution < 1.29 is 14.6 Å². The van der Waals surface area contributed by atoms with Gasteiger partial charge in [-0.1, -0.05) is 30.3 Å². The average molecular weight is 308 g/mol. The average Bonchev–Trinajstić information content (AvgIpc) is 2.56. The van der Waals surface area contributed by atoms with Gasteiger partial charge >= 0.3 is 0 Å². The Labute approximate surface area is 133 Å². The van der Waals surface area contributed by atoms with Gasteiger partial charge in [0.1, 0.15) is 11.5 Å². The van der Waals surface area contributed by atoms with Crippen molar-refractivity contribution in [3.63, 3.8) is 0 Å². The molecule has 0 spiro atoms. The Morgan fingerprint density at radius 1 is 1.04 bits per heavy atom. The van der Waals surface area contributed by atoms with E-state index in [1.54, 1.807) is 48.5 Å². The van der Waals surface area contributed by atoms with Gasteiger partial charge in [0.05, 0.1) is 18.4 Å². The molecular weight excluding hydrogens is 292 g/mol. The molecule has 0 heterocycles. The van der Waals surface area contributed by atoms with E-state index in [4.69, 9.17) is 10.5 Å². The number of benzene rings is 3. The number of methoxy groups -OCH3 is 1. The molecule has 23 heavy (non-hydrogen) atoms. The molecule has 0 unspecified atom stereocenters. The number of hydrogen-bond donors (Lipinski definition) is 3. The van der Waals surface area contributed by atoms with E-state index in [1.807, 2.05) is 6.07 Å². The van der Waals surface area contributed by atoms with E-state index in [0.29, 0.717) is 27.9 Å². The SMILES string of the molecule is COc1ccccc1NC(=O)c1ccc2c(N)cccc2c1O. The molecule has 116 valence electrons. The number of aromatic hydroxyl groups is 1. The van der Waals surface area contributed by atoms with Gasteiger partial charge in [0, 0.05) is 16.5 Å². The van der Waals surface area contributed by atoms with Crippen molar-refractivity contribution in [2.75, 3.05) is 18.2 Å². The van der Waals surface area contributed by atoms with Crippen molar-refractivity contribution in [3.8, 4) is 11.5 Å². The fourth-order valence-corrected chi connectivity index (χ4v) is 2.49. The zero-order valence-corrected chi connectivity index (χ0v) is 12.5. The third-order valence-corrected chi connectivity index (χ3v) is 3.67. The summed E-state index contributed by atoms with van der Waals surface area (Å²) in [5, 5.41) is 14.4. The minimum Gasteiger partial charge on any atom is -0.506 e. The van der Waals surface area contributed by atoms with Crippen LogP contribution in [0.1, 0.15) is 10.4 Å². The molecule has 0 fully saturated rings. The van der Waals surface area contributed by atoms with Crippen molar-refractivity contribution >= 4 is 28.1 Å². The zero-order valence-electron chi connectivity index (χ0n) is 12.5. The van der Waals surface area contributed by atoms with E-state index in [2.05, 4.69) is 5.32 Å². The number of ether oxygens (including phenoxy) is 1. The van der Waals surface area contributed by atoms with Crippen LogP contribution in [0, 0.1) is 0 Å². The predicted octanol–water partition coefficient (Wildman–Crippen LogP) is 3.39. The lowest BCUT2D eigenvalue weighted by Gasteiger charge is -2.12. The van der Waals surface area contributed by atoms with Gasteiger partial charge in [0.15, 0.2) is 0 Å². The fourth-order valence-electron chi connectivity index (χ4n) is 2.49. The van der Waals surface area contributed by atoms with E-state index in [-0.39, 0.29) is 11.3 Å². The molecule has 0 atom stereocenters. The number of phenolic OH excluding ortho intramolecular Hbond substituents is 1. The summed E-state index contributed by atoms with van der Waals surface area (Å²) in [7, 11) is 1.53. The number of nitrogen functional groups attached to an aromatic ring is 1. The van der Waals surface area contributed by atoms with E-state index >= 15 is 0 Å². The smallest absolute Gasteiger partial charge is 0.259 e. The Balaban J connectivity index is 2.00. The van der Waals surface area contributed by atoms with E-state index in [0.717, 1.165) is 0 Å². The number of amides is 1. The second-order valence-corrected chi connectivity index (χ2v) is 5.06. The van der Waals surface area contributed by atoms with Gasteiger partial charge in [-0.15, -0.1) is 0 Å². The van der Waals surface area contributed by atoms with Crippen molar-refractivity contribution in [1.82, 2.24) is 0 Å². The molecule has 0 saturated heterocycles. The first kappa shape index (κ1) is 14.7. The van der Waals surface area contributed by atoms with Gasteiger partial charge in [-0.25, -0.2) is 0 Å². The van der Waals surface area contributed by atoms with Gasteiger partial charge in [-0.3, -0.25) is 4.79 Å². The molecule has 5 heteroatoms. The number of fused-ring (bicyclic) bond motifs is 1. The molecular formula is C18H16N2O3. The largest absolute Gasteiger partial charge is 0.506 e. The van der Waals surface area contributed by atoms with Gasteiger partial charge in [-0.05, 0) is 24.3 Å². The number of nitrogens with one attached hydrogen (secondary N) is 1. The summed E-state index contributed by atoms with van der Waals surface area (Å²) in [6.07, 6.45) is 0. The third-order valence-electron chi connectivity index (χ3n) is 3.67. The van der Waals surface area contributed by atoms with Crippen molar-refractivity contribution in [2.45, 2.75) is 0 Å². The van der Waals surface area contributed by atoms with Crippen LogP contribution in [0.2, 0.25) is 0 Å². The second kappa shape index (κ2) is 5.88. The summed E-state index contributed by atoms with van der Waals surface area (Å²) in [6, 6.07) is 15.6. The lowest BCUT2D eigenvalue weighted by atomic mass is 10.0. The van der Waals surface area contributed by atoms with Crippen molar-refractivity contribution in [3.05, 3.63) is 60.2 Å². The third kappa shape index (κ3) is 2.64. The molecule has 0 radical (unpaired) electrons. The van der Waals surface area contributed by atoms with E-state index < -0.39 is 5.91 Å². The van der Waals surface area contributed by atoms with E-state index in [9.17, 15) is 9.90 Å². The summed E-state index contributed by atoms with van der Waals surface area (Å²) in [6.45, 7) is 0. The standard InChI is InChI=1S/C18H16N2O3/c1-23-16-8-3-2-7-15(16)20-18(22)13-10-9-11-12(17(13)21)5-4-6-14(11)19/h2-10,21H,19H2,1H3,(H,20,22). The molecule has 0 bridgehead atoms. The molecule has 4 N–H and O–H groups in total. The number of nitrogens with two attached hydrogens (primary N) is 1. The van der Waals surface area contributed by atoms with Crippen LogP contribution in [-0.4, -0.2) is 18.1 Å². The van der Waals surface area contributed by atoms with Crippen LogP contribution in [0.15, 0.2) is 54.6 Å². The van der Waals surface area contributed by atoms with Crippen LogP contribution in [0.5, 0.6) is 11.5 Å². The molecule has 0 aliphatic rings. The molecule has 3 aromatic rings. The van der Waals surface area contributed by atoms with Gasteiger partial charge in [0.25, 0.3) is 5.91 Å². The number of anilines is 2. The summed E-state index contributed by atoms with van der Waals surface area (Å²) < 4.78 is 5.20. The summed E-state index contributed by atoms with van der Waals surface area (Å²) in [5.74, 6) is 0.0314. The Kier molecular flexibility index (Phi) is 3.76. The summed E-state index contributed by atoms with van der Waals surface area (Å²) in [4.78, 5) is 12.5. The van der Waals surface area contributed by atoms with Crippen LogP contribution in [0.3, 0.4) is 0 Å². The highest BCUT2D eigenvalue weighted by atomic mass is 16.5. The Bertz CT molecular complexity index is 891. The molecule has 0 saturated carbocycles. The highest BCUT2D eigenvalue weighted by molar-refractivity contribution is 6.11. The first-order valence-corrected chi connectivity index (χ1v) is 7.06. The van der Waals surface area contributed by atoms with Crippen LogP contribution < -0.4 is 15.8 Å². The number of rotatable bonds is 3. The highest BCUT2D eigenvalue weighted by Crippen LogP contribution is 2.33. The lowest BCUT2D eigenvalue weighted by molar-refractivity contribution is 0.102. The Morgan fingerprint density at radius 3 is 2.61 bits per heavy atom. The van der Waals surface area contributed by atoms with Crippen LogP contribution in [0.25, 0.3) is 10.8 Å². The first-order chi connectivity index (χ1) is 11.1. The lowest BCUT2D eigenvalue weighted by Crippen LogP contribution is -2.13. The minimum atomic E-state index is -0.420. The van der Waals surface area contributed by atoms with Gasteiger partial charge < -0.3 is 20.9 Å². The van der Waals surface area contributed by atoms with Crippen LogP contribution in [0.4, 0.5) is 11.4 Å².